The third kappa shape index (κ3) is 4.87. The summed E-state index contributed by atoms with van der Waals surface area (Å²) in [6, 6.07) is 4.49. The highest BCUT2D eigenvalue weighted by molar-refractivity contribution is 5.76. The molecule has 1 heterocycles. The van der Waals surface area contributed by atoms with Crippen molar-refractivity contribution < 1.29 is 23.6 Å². The lowest BCUT2D eigenvalue weighted by atomic mass is 10.1. The maximum absolute atomic E-state index is 13.2. The van der Waals surface area contributed by atoms with Crippen LogP contribution < -0.4 is 5.32 Å². The lowest BCUT2D eigenvalue weighted by Gasteiger charge is -2.01. The Labute approximate surface area is 131 Å². The Morgan fingerprint density at radius 2 is 2.13 bits per heavy atom. The minimum atomic E-state index is -0.971. The molecule has 0 aliphatic rings. The molecule has 1 amide bonds. The number of hydrogen-bond donors (Lipinski definition) is 2. The Kier molecular flexibility index (Phi) is 5.40. The van der Waals surface area contributed by atoms with Gasteiger partial charge in [-0.05, 0) is 30.7 Å². The number of hydrogen-bond acceptors (Lipinski definition) is 5. The average Bonchev–Trinajstić information content (AvgIpc) is 2.96. The molecule has 0 aliphatic carbocycles. The van der Waals surface area contributed by atoms with Gasteiger partial charge < -0.3 is 14.9 Å². The summed E-state index contributed by atoms with van der Waals surface area (Å²) in [6.07, 6.45) is 0.232. The van der Waals surface area contributed by atoms with Gasteiger partial charge in [0.25, 0.3) is 0 Å². The SMILES string of the molecule is Cc1cc(-c2noc(CCC(=O)NCCC(=O)O)n2)ccc1F. The number of carboxylic acid groups (broad SMARTS) is 1. The lowest BCUT2D eigenvalue weighted by molar-refractivity contribution is -0.136. The minimum Gasteiger partial charge on any atom is -0.481 e. The first kappa shape index (κ1) is 16.6. The molecule has 0 atom stereocenters. The van der Waals surface area contributed by atoms with E-state index in [1.54, 1.807) is 19.1 Å². The number of amides is 1. The molecular weight excluding hydrogens is 305 g/mol. The van der Waals surface area contributed by atoms with Crippen LogP contribution in [-0.4, -0.2) is 33.7 Å². The van der Waals surface area contributed by atoms with Crippen LogP contribution in [0.25, 0.3) is 11.4 Å². The molecule has 0 fully saturated rings. The molecule has 0 unspecified atom stereocenters. The molecule has 0 aliphatic heterocycles. The summed E-state index contributed by atoms with van der Waals surface area (Å²) in [5.74, 6) is -0.953. The van der Waals surface area contributed by atoms with Gasteiger partial charge in [0.05, 0.1) is 6.42 Å². The van der Waals surface area contributed by atoms with Crippen LogP contribution in [0.5, 0.6) is 0 Å². The van der Waals surface area contributed by atoms with Crippen molar-refractivity contribution in [2.45, 2.75) is 26.2 Å². The summed E-state index contributed by atoms with van der Waals surface area (Å²) >= 11 is 0. The van der Waals surface area contributed by atoms with Crippen molar-refractivity contribution >= 4 is 11.9 Å². The van der Waals surface area contributed by atoms with Gasteiger partial charge in [-0.3, -0.25) is 9.59 Å². The molecule has 2 N–H and O–H groups in total. The summed E-state index contributed by atoms with van der Waals surface area (Å²) in [7, 11) is 0. The number of nitrogens with one attached hydrogen (secondary N) is 1. The maximum atomic E-state index is 13.2. The second-order valence-electron chi connectivity index (χ2n) is 4.97. The van der Waals surface area contributed by atoms with Crippen LogP contribution in [0.3, 0.4) is 0 Å². The van der Waals surface area contributed by atoms with Gasteiger partial charge in [0.15, 0.2) is 0 Å². The van der Waals surface area contributed by atoms with Crippen molar-refractivity contribution in [1.82, 2.24) is 15.5 Å². The van der Waals surface area contributed by atoms with Gasteiger partial charge in [0.2, 0.25) is 17.6 Å². The fourth-order valence-corrected chi connectivity index (χ4v) is 1.88. The molecule has 0 bridgehead atoms. The van der Waals surface area contributed by atoms with Crippen LogP contribution in [0.4, 0.5) is 4.39 Å². The topological polar surface area (TPSA) is 105 Å². The van der Waals surface area contributed by atoms with E-state index in [1.807, 2.05) is 0 Å². The molecule has 2 aromatic rings. The first-order valence-corrected chi connectivity index (χ1v) is 7.03. The van der Waals surface area contributed by atoms with Gasteiger partial charge in [-0.2, -0.15) is 4.98 Å². The van der Waals surface area contributed by atoms with Gasteiger partial charge >= 0.3 is 5.97 Å². The number of carboxylic acids is 1. The van der Waals surface area contributed by atoms with Crippen molar-refractivity contribution in [1.29, 1.82) is 0 Å². The van der Waals surface area contributed by atoms with Crippen LogP contribution in [-0.2, 0) is 16.0 Å². The molecule has 1 aromatic carbocycles. The minimum absolute atomic E-state index is 0.0815. The van der Waals surface area contributed by atoms with Crippen molar-refractivity contribution in [3.05, 3.63) is 35.5 Å². The average molecular weight is 321 g/mol. The van der Waals surface area contributed by atoms with Gasteiger partial charge in [-0.1, -0.05) is 5.16 Å². The first-order valence-electron chi connectivity index (χ1n) is 7.03. The third-order valence-corrected chi connectivity index (χ3v) is 3.11. The zero-order valence-corrected chi connectivity index (χ0v) is 12.5. The molecule has 0 spiro atoms. The zero-order chi connectivity index (χ0) is 16.8. The van der Waals surface area contributed by atoms with Crippen molar-refractivity contribution in [3.8, 4) is 11.4 Å². The summed E-state index contributed by atoms with van der Waals surface area (Å²) in [6.45, 7) is 1.72. The molecule has 2 rings (SSSR count). The van der Waals surface area contributed by atoms with Crippen LogP contribution in [0.2, 0.25) is 0 Å². The van der Waals surface area contributed by atoms with E-state index < -0.39 is 5.97 Å². The number of aromatic nitrogens is 2. The summed E-state index contributed by atoms with van der Waals surface area (Å²) in [5, 5.41) is 14.8. The number of nitrogens with zero attached hydrogens (tertiary/aromatic N) is 2. The highest BCUT2D eigenvalue weighted by atomic mass is 19.1. The molecular formula is C15H16FN3O4. The number of aliphatic carboxylic acids is 1. The van der Waals surface area contributed by atoms with Crippen molar-refractivity contribution in [2.24, 2.45) is 0 Å². The van der Waals surface area contributed by atoms with Crippen LogP contribution in [0.1, 0.15) is 24.3 Å². The second kappa shape index (κ2) is 7.48. The summed E-state index contributed by atoms with van der Waals surface area (Å²) in [5.41, 5.74) is 1.11. The normalized spacial score (nSPS) is 10.5. The largest absolute Gasteiger partial charge is 0.481 e. The fraction of sp³-hybridized carbons (Fsp3) is 0.333. The van der Waals surface area contributed by atoms with E-state index in [0.717, 1.165) is 0 Å². The van der Waals surface area contributed by atoms with Gasteiger partial charge in [-0.25, -0.2) is 4.39 Å². The Bertz CT molecular complexity index is 714. The number of halogens is 1. The molecule has 8 heteroatoms. The number of benzene rings is 1. The zero-order valence-electron chi connectivity index (χ0n) is 12.5. The van der Waals surface area contributed by atoms with Crippen LogP contribution in [0, 0.1) is 12.7 Å². The van der Waals surface area contributed by atoms with Gasteiger partial charge in [-0.15, -0.1) is 0 Å². The smallest absolute Gasteiger partial charge is 0.305 e. The summed E-state index contributed by atoms with van der Waals surface area (Å²) < 4.78 is 18.3. The van der Waals surface area contributed by atoms with Crippen LogP contribution >= 0.6 is 0 Å². The van der Waals surface area contributed by atoms with E-state index in [-0.39, 0.29) is 43.4 Å². The third-order valence-electron chi connectivity index (χ3n) is 3.11. The fourth-order valence-electron chi connectivity index (χ4n) is 1.88. The van der Waals surface area contributed by atoms with E-state index in [0.29, 0.717) is 17.0 Å². The standard InChI is InChI=1S/C15H16FN3O4/c1-9-8-10(2-3-11(9)16)15-18-13(23-19-15)5-4-12(20)17-7-6-14(21)22/h2-3,8H,4-7H2,1H3,(H,17,20)(H,21,22). The predicted octanol–water partition coefficient (Wildman–Crippen LogP) is 1.71. The van der Waals surface area contributed by atoms with E-state index in [1.165, 1.54) is 6.07 Å². The van der Waals surface area contributed by atoms with Crippen molar-refractivity contribution in [3.63, 3.8) is 0 Å². The number of carbonyl (C=O) groups excluding carboxylic acids is 1. The molecule has 7 nitrogen and oxygen atoms in total. The first-order chi connectivity index (χ1) is 11.0. The molecule has 122 valence electrons. The quantitative estimate of drug-likeness (QED) is 0.804. The Balaban J connectivity index is 1.88. The Morgan fingerprint density at radius 1 is 1.35 bits per heavy atom. The number of rotatable bonds is 7. The van der Waals surface area contributed by atoms with Crippen molar-refractivity contribution in [2.75, 3.05) is 6.54 Å². The second-order valence-corrected chi connectivity index (χ2v) is 4.97. The monoisotopic (exact) mass is 321 g/mol. The highest BCUT2D eigenvalue weighted by Gasteiger charge is 2.11. The predicted molar refractivity (Wildman–Crippen MR) is 78.0 cm³/mol. The Hall–Kier alpha value is -2.77. The van der Waals surface area contributed by atoms with Crippen LogP contribution in [0.15, 0.2) is 22.7 Å². The Morgan fingerprint density at radius 3 is 2.83 bits per heavy atom. The molecule has 1 aromatic heterocycles. The lowest BCUT2D eigenvalue weighted by Crippen LogP contribution is -2.26. The van der Waals surface area contributed by atoms with E-state index in [9.17, 15) is 14.0 Å². The van der Waals surface area contributed by atoms with Gasteiger partial charge in [0, 0.05) is 24.9 Å². The number of carbonyl (C=O) groups is 2. The molecule has 0 saturated carbocycles. The maximum Gasteiger partial charge on any atom is 0.305 e. The molecule has 0 radical (unpaired) electrons. The summed E-state index contributed by atoms with van der Waals surface area (Å²) in [4.78, 5) is 26.0. The van der Waals surface area contributed by atoms with E-state index >= 15 is 0 Å². The van der Waals surface area contributed by atoms with E-state index in [2.05, 4.69) is 15.5 Å². The highest BCUT2D eigenvalue weighted by Crippen LogP contribution is 2.19. The van der Waals surface area contributed by atoms with E-state index in [4.69, 9.17) is 9.63 Å². The van der Waals surface area contributed by atoms with Gasteiger partial charge in [0.1, 0.15) is 5.82 Å². The number of aryl methyl sites for hydroxylation is 2. The molecule has 23 heavy (non-hydrogen) atoms. The molecule has 0 saturated heterocycles.